The number of sulfonamides is 1. The zero-order valence-electron chi connectivity index (χ0n) is 15.2. The van der Waals surface area contributed by atoms with Gasteiger partial charge in [0.1, 0.15) is 5.82 Å². The normalized spacial score (nSPS) is 16.3. The first kappa shape index (κ1) is 18.8. The lowest BCUT2D eigenvalue weighted by Gasteiger charge is -2.29. The second-order valence-corrected chi connectivity index (χ2v) is 8.84. The van der Waals surface area contributed by atoms with Gasteiger partial charge in [-0.25, -0.2) is 17.1 Å². The van der Waals surface area contributed by atoms with Gasteiger partial charge in [0.05, 0.1) is 5.75 Å². The molecular formula is C20H20FN3O3S. The first-order valence-electron chi connectivity index (χ1n) is 9.12. The van der Waals surface area contributed by atoms with Crippen molar-refractivity contribution in [3.05, 3.63) is 71.9 Å². The molecule has 1 aromatic heterocycles. The van der Waals surface area contributed by atoms with E-state index < -0.39 is 10.0 Å². The smallest absolute Gasteiger partial charge is 0.247 e. The van der Waals surface area contributed by atoms with Crippen molar-refractivity contribution in [2.24, 2.45) is 0 Å². The van der Waals surface area contributed by atoms with E-state index in [9.17, 15) is 12.8 Å². The molecule has 6 nitrogen and oxygen atoms in total. The van der Waals surface area contributed by atoms with Crippen LogP contribution in [0.4, 0.5) is 4.39 Å². The number of rotatable bonds is 5. The molecule has 0 N–H and O–H groups in total. The predicted octanol–water partition coefficient (Wildman–Crippen LogP) is 3.59. The maximum atomic E-state index is 13.0. The van der Waals surface area contributed by atoms with E-state index in [1.807, 2.05) is 30.3 Å². The summed E-state index contributed by atoms with van der Waals surface area (Å²) in [7, 11) is -3.35. The number of aromatic nitrogens is 2. The summed E-state index contributed by atoms with van der Waals surface area (Å²) in [6.07, 6.45) is 1.25. The van der Waals surface area contributed by atoms with Crippen molar-refractivity contribution in [3.63, 3.8) is 0 Å². The Balaban J connectivity index is 1.40. The molecule has 28 heavy (non-hydrogen) atoms. The third-order valence-electron chi connectivity index (χ3n) is 4.92. The van der Waals surface area contributed by atoms with Gasteiger partial charge in [0, 0.05) is 24.6 Å². The van der Waals surface area contributed by atoms with Crippen LogP contribution in [0.5, 0.6) is 0 Å². The lowest BCUT2D eigenvalue weighted by atomic mass is 9.98. The predicted molar refractivity (Wildman–Crippen MR) is 102 cm³/mol. The quantitative estimate of drug-likeness (QED) is 0.653. The van der Waals surface area contributed by atoms with Crippen molar-refractivity contribution in [3.8, 4) is 11.5 Å². The maximum absolute atomic E-state index is 13.0. The number of benzene rings is 2. The first-order chi connectivity index (χ1) is 13.5. The fraction of sp³-hybridized carbons (Fsp3) is 0.300. The molecule has 0 saturated carbocycles. The van der Waals surface area contributed by atoms with Crippen molar-refractivity contribution >= 4 is 10.0 Å². The summed E-state index contributed by atoms with van der Waals surface area (Å²) in [4.78, 5) is 0. The molecule has 0 amide bonds. The van der Waals surface area contributed by atoms with Crippen molar-refractivity contribution < 1.29 is 17.2 Å². The summed E-state index contributed by atoms with van der Waals surface area (Å²) in [5.41, 5.74) is 1.44. The minimum absolute atomic E-state index is 0.00772. The molecule has 1 aliphatic heterocycles. The van der Waals surface area contributed by atoms with Crippen LogP contribution >= 0.6 is 0 Å². The molecule has 146 valence electrons. The highest BCUT2D eigenvalue weighted by atomic mass is 32.2. The molecule has 0 bridgehead atoms. The van der Waals surface area contributed by atoms with Gasteiger partial charge in [0.25, 0.3) is 0 Å². The molecule has 1 fully saturated rings. The van der Waals surface area contributed by atoms with Crippen molar-refractivity contribution in [1.82, 2.24) is 14.5 Å². The Kier molecular flexibility index (Phi) is 5.23. The number of piperidine rings is 1. The molecule has 0 aliphatic carbocycles. The Morgan fingerprint density at radius 3 is 2.36 bits per heavy atom. The van der Waals surface area contributed by atoms with Crippen LogP contribution in [0.15, 0.2) is 59.0 Å². The number of nitrogens with zero attached hydrogens (tertiary/aromatic N) is 3. The lowest BCUT2D eigenvalue weighted by Crippen LogP contribution is -2.38. The van der Waals surface area contributed by atoms with Crippen molar-refractivity contribution in [1.29, 1.82) is 0 Å². The first-order valence-corrected chi connectivity index (χ1v) is 10.7. The van der Waals surface area contributed by atoms with E-state index in [1.54, 1.807) is 12.1 Å². The monoisotopic (exact) mass is 401 g/mol. The lowest BCUT2D eigenvalue weighted by molar-refractivity contribution is 0.291. The SMILES string of the molecule is O=S(=O)(Cc1ccccc1)N1CCC(c2nnc(-c3ccc(F)cc3)o2)CC1. The topological polar surface area (TPSA) is 76.3 Å². The minimum atomic E-state index is -3.35. The molecule has 4 rings (SSSR count). The van der Waals surface area contributed by atoms with Gasteiger partial charge in [-0.3, -0.25) is 0 Å². The molecule has 8 heteroatoms. The standard InChI is InChI=1S/C20H20FN3O3S/c21-18-8-6-16(7-9-18)19-22-23-20(27-19)17-10-12-24(13-11-17)28(25,26)14-15-4-2-1-3-5-15/h1-9,17H,10-14H2. The summed E-state index contributed by atoms with van der Waals surface area (Å²) in [6, 6.07) is 15.0. The van der Waals surface area contributed by atoms with Crippen LogP contribution in [0.2, 0.25) is 0 Å². The molecule has 3 aromatic rings. The van der Waals surface area contributed by atoms with Crippen LogP contribution in [-0.2, 0) is 15.8 Å². The van der Waals surface area contributed by atoms with E-state index in [4.69, 9.17) is 4.42 Å². The van der Waals surface area contributed by atoms with Gasteiger partial charge < -0.3 is 4.42 Å². The Morgan fingerprint density at radius 2 is 1.68 bits per heavy atom. The Morgan fingerprint density at radius 1 is 1.00 bits per heavy atom. The third kappa shape index (κ3) is 4.13. The van der Waals surface area contributed by atoms with Crippen LogP contribution < -0.4 is 0 Å². The van der Waals surface area contributed by atoms with Gasteiger partial charge in [-0.1, -0.05) is 30.3 Å². The summed E-state index contributed by atoms with van der Waals surface area (Å²) in [5.74, 6) is 0.541. The summed E-state index contributed by atoms with van der Waals surface area (Å²) >= 11 is 0. The van der Waals surface area contributed by atoms with Crippen LogP contribution in [0, 0.1) is 5.82 Å². The molecule has 2 aromatic carbocycles. The van der Waals surface area contributed by atoms with Crippen molar-refractivity contribution in [2.45, 2.75) is 24.5 Å². The van der Waals surface area contributed by atoms with E-state index in [-0.39, 0.29) is 17.5 Å². The van der Waals surface area contributed by atoms with Gasteiger partial charge in [-0.05, 0) is 42.7 Å². The second-order valence-electron chi connectivity index (χ2n) is 6.87. The highest BCUT2D eigenvalue weighted by Gasteiger charge is 2.31. The highest BCUT2D eigenvalue weighted by Crippen LogP contribution is 2.30. The summed E-state index contributed by atoms with van der Waals surface area (Å²) < 4.78 is 45.7. The largest absolute Gasteiger partial charge is 0.420 e. The zero-order valence-corrected chi connectivity index (χ0v) is 16.0. The Hall–Kier alpha value is -2.58. The van der Waals surface area contributed by atoms with Crippen LogP contribution in [-0.4, -0.2) is 36.0 Å². The molecule has 1 aliphatic rings. The van der Waals surface area contributed by atoms with Crippen LogP contribution in [0.25, 0.3) is 11.5 Å². The van der Waals surface area contributed by atoms with E-state index in [1.165, 1.54) is 16.4 Å². The number of hydrogen-bond acceptors (Lipinski definition) is 5. The molecule has 0 spiro atoms. The van der Waals surface area contributed by atoms with Gasteiger partial charge in [0.15, 0.2) is 0 Å². The molecule has 1 saturated heterocycles. The fourth-order valence-electron chi connectivity index (χ4n) is 3.37. The molecular weight excluding hydrogens is 381 g/mol. The fourth-order valence-corrected chi connectivity index (χ4v) is 4.93. The minimum Gasteiger partial charge on any atom is -0.420 e. The van der Waals surface area contributed by atoms with Crippen molar-refractivity contribution in [2.75, 3.05) is 13.1 Å². The number of halogens is 1. The molecule has 0 unspecified atom stereocenters. The Bertz CT molecular complexity index is 1030. The number of hydrogen-bond donors (Lipinski definition) is 0. The van der Waals surface area contributed by atoms with Gasteiger partial charge in [-0.2, -0.15) is 0 Å². The molecule has 0 atom stereocenters. The Labute approximate surface area is 163 Å². The zero-order chi connectivity index (χ0) is 19.6. The van der Waals surface area contributed by atoms with E-state index in [0.717, 1.165) is 5.56 Å². The summed E-state index contributed by atoms with van der Waals surface area (Å²) in [5, 5.41) is 8.16. The van der Waals surface area contributed by atoms with E-state index in [2.05, 4.69) is 10.2 Å². The highest BCUT2D eigenvalue weighted by molar-refractivity contribution is 7.88. The van der Waals surface area contributed by atoms with Crippen LogP contribution in [0.1, 0.15) is 30.2 Å². The average molecular weight is 401 g/mol. The third-order valence-corrected chi connectivity index (χ3v) is 6.77. The van der Waals surface area contributed by atoms with Crippen LogP contribution in [0.3, 0.4) is 0 Å². The van der Waals surface area contributed by atoms with E-state index >= 15 is 0 Å². The van der Waals surface area contributed by atoms with Gasteiger partial charge >= 0.3 is 0 Å². The van der Waals surface area contributed by atoms with Gasteiger partial charge in [-0.15, -0.1) is 10.2 Å². The summed E-state index contributed by atoms with van der Waals surface area (Å²) in [6.45, 7) is 0.849. The molecule has 2 heterocycles. The van der Waals surface area contributed by atoms with Gasteiger partial charge in [0.2, 0.25) is 21.8 Å². The van der Waals surface area contributed by atoms with E-state index in [0.29, 0.717) is 43.3 Å². The molecule has 0 radical (unpaired) electrons. The average Bonchev–Trinajstić information content (AvgIpc) is 3.19. The maximum Gasteiger partial charge on any atom is 0.247 e. The second kappa shape index (κ2) is 7.81.